The number of piperidine rings is 1. The summed E-state index contributed by atoms with van der Waals surface area (Å²) in [5.74, 6) is -1.37. The highest BCUT2D eigenvalue weighted by Gasteiger charge is 2.36. The van der Waals surface area contributed by atoms with E-state index in [1.165, 1.54) is 29.2 Å². The normalized spacial score (nSPS) is 16.3. The van der Waals surface area contributed by atoms with Crippen LogP contribution in [-0.2, 0) is 20.8 Å². The van der Waals surface area contributed by atoms with E-state index in [4.69, 9.17) is 17.2 Å². The van der Waals surface area contributed by atoms with E-state index in [-0.39, 0.29) is 30.5 Å². The quantitative estimate of drug-likeness (QED) is 0.0841. The fraction of sp³-hybridized carbons (Fsp3) is 0.407. The first-order valence-electron chi connectivity index (χ1n) is 13.2. The van der Waals surface area contributed by atoms with Crippen molar-refractivity contribution < 1.29 is 19.3 Å². The predicted octanol–water partition coefficient (Wildman–Crippen LogP) is 1.02. The summed E-state index contributed by atoms with van der Waals surface area (Å²) < 4.78 is 0. The number of aliphatic imine (C=N–C) groups is 1. The summed E-state index contributed by atoms with van der Waals surface area (Å²) in [6.07, 6.45) is 2.90. The van der Waals surface area contributed by atoms with Gasteiger partial charge in [0.1, 0.15) is 12.1 Å². The van der Waals surface area contributed by atoms with Crippen LogP contribution in [0.5, 0.6) is 0 Å². The van der Waals surface area contributed by atoms with Crippen molar-refractivity contribution in [3.63, 3.8) is 0 Å². The minimum Gasteiger partial charge on any atom is -0.370 e. The number of hydrogen-bond acceptors (Lipinski definition) is 7. The largest absolute Gasteiger partial charge is 0.370 e. The molecular weight excluding hydrogens is 516 g/mol. The Kier molecular flexibility index (Phi) is 10.9. The van der Waals surface area contributed by atoms with Crippen LogP contribution in [0.4, 0.5) is 11.4 Å². The highest BCUT2D eigenvalue weighted by molar-refractivity contribution is 5.98. The van der Waals surface area contributed by atoms with E-state index >= 15 is 0 Å². The van der Waals surface area contributed by atoms with Crippen LogP contribution in [0.3, 0.4) is 0 Å². The molecule has 1 fully saturated rings. The molecule has 0 aromatic heterocycles. The molecule has 2 aromatic carbocycles. The number of hydrogen-bond donors (Lipinski definition) is 5. The molecule has 1 saturated heterocycles. The minimum atomic E-state index is -0.964. The molecule has 3 rings (SSSR count). The number of anilines is 1. The monoisotopic (exact) mass is 552 g/mol. The topological polar surface area (TPSA) is 212 Å². The molecule has 0 saturated carbocycles. The maximum absolute atomic E-state index is 13.5. The van der Waals surface area contributed by atoms with Gasteiger partial charge in [-0.3, -0.25) is 29.5 Å². The van der Waals surface area contributed by atoms with E-state index < -0.39 is 34.9 Å². The van der Waals surface area contributed by atoms with Gasteiger partial charge in [-0.05, 0) is 56.2 Å². The molecule has 40 heavy (non-hydrogen) atoms. The molecular formula is C27H36N8O5. The highest BCUT2D eigenvalue weighted by Crippen LogP contribution is 2.20. The van der Waals surface area contributed by atoms with Crippen molar-refractivity contribution in [3.8, 4) is 0 Å². The number of carbonyl (C=O) groups excluding carboxylic acids is 3. The molecule has 1 aliphatic rings. The fourth-order valence-corrected chi connectivity index (χ4v) is 4.57. The van der Waals surface area contributed by atoms with Gasteiger partial charge in [-0.1, -0.05) is 30.3 Å². The lowest BCUT2D eigenvalue weighted by molar-refractivity contribution is -0.384. The molecule has 0 bridgehead atoms. The Balaban J connectivity index is 1.71. The molecule has 0 aliphatic carbocycles. The van der Waals surface area contributed by atoms with Crippen molar-refractivity contribution in [1.82, 2.24) is 10.2 Å². The highest BCUT2D eigenvalue weighted by atomic mass is 16.6. The zero-order valence-corrected chi connectivity index (χ0v) is 22.2. The van der Waals surface area contributed by atoms with Gasteiger partial charge in [0.05, 0.1) is 11.0 Å². The average molecular weight is 553 g/mol. The lowest BCUT2D eigenvalue weighted by Crippen LogP contribution is -2.58. The molecule has 0 radical (unpaired) electrons. The number of benzene rings is 2. The third-order valence-electron chi connectivity index (χ3n) is 6.63. The minimum absolute atomic E-state index is 0.0841. The van der Waals surface area contributed by atoms with Gasteiger partial charge in [-0.2, -0.15) is 0 Å². The van der Waals surface area contributed by atoms with Gasteiger partial charge in [0, 0.05) is 30.9 Å². The van der Waals surface area contributed by atoms with E-state index in [0.717, 1.165) is 18.4 Å². The molecule has 13 heteroatoms. The smallest absolute Gasteiger partial charge is 0.269 e. The number of nitrogens with zero attached hydrogens (tertiary/aromatic N) is 3. The summed E-state index contributed by atoms with van der Waals surface area (Å²) in [7, 11) is 0. The third-order valence-corrected chi connectivity index (χ3v) is 6.63. The SMILES string of the molecule is NC(N)=NCCC[C@H](NC(=O)C1CCCCN1C(=O)[C@H](N)Cc1ccccc1)C(=O)Nc1ccc([N+](=O)[O-])cc1. The van der Waals surface area contributed by atoms with E-state index in [1.54, 1.807) is 0 Å². The van der Waals surface area contributed by atoms with E-state index in [1.807, 2.05) is 30.3 Å². The third kappa shape index (κ3) is 8.76. The Hall–Kier alpha value is -4.52. The molecule has 3 atom stereocenters. The Morgan fingerprint density at radius 1 is 1.07 bits per heavy atom. The molecule has 0 spiro atoms. The van der Waals surface area contributed by atoms with Crippen LogP contribution in [0.15, 0.2) is 59.6 Å². The summed E-state index contributed by atoms with van der Waals surface area (Å²) in [6.45, 7) is 0.644. The van der Waals surface area contributed by atoms with Crippen LogP contribution >= 0.6 is 0 Å². The van der Waals surface area contributed by atoms with Crippen LogP contribution in [0.1, 0.15) is 37.7 Å². The number of non-ortho nitro benzene ring substituents is 1. The first-order chi connectivity index (χ1) is 19.2. The van der Waals surface area contributed by atoms with Crippen molar-refractivity contribution >= 4 is 35.1 Å². The maximum Gasteiger partial charge on any atom is 0.269 e. The maximum atomic E-state index is 13.5. The van der Waals surface area contributed by atoms with Gasteiger partial charge >= 0.3 is 0 Å². The average Bonchev–Trinajstić information content (AvgIpc) is 2.94. The molecule has 1 aliphatic heterocycles. The van der Waals surface area contributed by atoms with Gasteiger partial charge in [-0.25, -0.2) is 0 Å². The van der Waals surface area contributed by atoms with E-state index in [2.05, 4.69) is 15.6 Å². The number of guanidine groups is 1. The van der Waals surface area contributed by atoms with Gasteiger partial charge in [0.25, 0.3) is 5.69 Å². The molecule has 2 aromatic rings. The molecule has 214 valence electrons. The Morgan fingerprint density at radius 2 is 1.77 bits per heavy atom. The van der Waals surface area contributed by atoms with Gasteiger partial charge in [-0.15, -0.1) is 0 Å². The van der Waals surface area contributed by atoms with Crippen molar-refractivity contribution in [1.29, 1.82) is 0 Å². The molecule has 1 heterocycles. The molecule has 3 amide bonds. The second-order valence-electron chi connectivity index (χ2n) is 9.64. The van der Waals surface area contributed by atoms with Crippen LogP contribution in [-0.4, -0.2) is 64.7 Å². The van der Waals surface area contributed by atoms with E-state index in [0.29, 0.717) is 31.5 Å². The molecule has 8 N–H and O–H groups in total. The first kappa shape index (κ1) is 30.0. The zero-order valence-electron chi connectivity index (χ0n) is 22.2. The second-order valence-corrected chi connectivity index (χ2v) is 9.64. The summed E-state index contributed by atoms with van der Waals surface area (Å²) in [4.78, 5) is 55.7. The van der Waals surface area contributed by atoms with Crippen LogP contribution in [0.25, 0.3) is 0 Å². The van der Waals surface area contributed by atoms with Gasteiger partial charge < -0.3 is 32.7 Å². The summed E-state index contributed by atoms with van der Waals surface area (Å²) >= 11 is 0. The number of rotatable bonds is 12. The van der Waals surface area contributed by atoms with Crippen molar-refractivity contribution in [2.24, 2.45) is 22.2 Å². The van der Waals surface area contributed by atoms with Crippen molar-refractivity contribution in [2.75, 3.05) is 18.4 Å². The predicted molar refractivity (Wildman–Crippen MR) is 151 cm³/mol. The van der Waals surface area contributed by atoms with Gasteiger partial charge in [0.15, 0.2) is 5.96 Å². The number of nitrogens with one attached hydrogen (secondary N) is 2. The van der Waals surface area contributed by atoms with Crippen LogP contribution < -0.4 is 27.8 Å². The standard InChI is InChI=1S/C27H36N8O5/c28-21(17-18-7-2-1-3-8-18)26(38)34-16-5-4-10-23(34)25(37)33-22(9-6-15-31-27(29)30)24(36)32-19-11-13-20(14-12-19)35(39)40/h1-3,7-8,11-14,21-23H,4-6,9-10,15-17,28H2,(H,32,36)(H,33,37)(H4,29,30,31)/t21-,22+,23?/m1/s1. The molecule has 13 nitrogen and oxygen atoms in total. The lowest BCUT2D eigenvalue weighted by Gasteiger charge is -2.37. The zero-order chi connectivity index (χ0) is 29.1. The number of nitro groups is 1. The summed E-state index contributed by atoms with van der Waals surface area (Å²) in [6, 6.07) is 12.2. The van der Waals surface area contributed by atoms with Crippen molar-refractivity contribution in [3.05, 3.63) is 70.3 Å². The summed E-state index contributed by atoms with van der Waals surface area (Å²) in [5, 5.41) is 16.4. The van der Waals surface area contributed by atoms with Crippen molar-refractivity contribution in [2.45, 2.75) is 56.7 Å². The number of nitrogens with two attached hydrogens (primary N) is 3. The Labute approximate surface area is 232 Å². The number of amides is 3. The van der Waals surface area contributed by atoms with Crippen LogP contribution in [0.2, 0.25) is 0 Å². The summed E-state index contributed by atoms with van der Waals surface area (Å²) in [5.41, 5.74) is 18.2. The Morgan fingerprint density at radius 3 is 2.42 bits per heavy atom. The molecule has 1 unspecified atom stereocenters. The van der Waals surface area contributed by atoms with Gasteiger partial charge in [0.2, 0.25) is 17.7 Å². The number of likely N-dealkylation sites (tertiary alicyclic amines) is 1. The first-order valence-corrected chi connectivity index (χ1v) is 13.2. The fourth-order valence-electron chi connectivity index (χ4n) is 4.57. The van der Waals surface area contributed by atoms with Crippen LogP contribution in [0, 0.1) is 10.1 Å². The second kappa shape index (κ2) is 14.6. The lowest BCUT2D eigenvalue weighted by atomic mass is 9.98. The Bertz CT molecular complexity index is 1200. The van der Waals surface area contributed by atoms with E-state index in [9.17, 15) is 24.5 Å². The number of carbonyl (C=O) groups is 3. The number of nitro benzene ring substituents is 1.